The van der Waals surface area contributed by atoms with Crippen LogP contribution in [0.15, 0.2) is 30.3 Å². The quantitative estimate of drug-likeness (QED) is 0.913. The van der Waals surface area contributed by atoms with Crippen LogP contribution in [0.2, 0.25) is 0 Å². The van der Waals surface area contributed by atoms with Gasteiger partial charge in [0.2, 0.25) is 5.91 Å². The van der Waals surface area contributed by atoms with Crippen molar-refractivity contribution in [3.8, 4) is 11.3 Å². The van der Waals surface area contributed by atoms with Gasteiger partial charge in [0, 0.05) is 49.4 Å². The predicted octanol–water partition coefficient (Wildman–Crippen LogP) is 2.15. The molecule has 25 heavy (non-hydrogen) atoms. The summed E-state index contributed by atoms with van der Waals surface area (Å²) in [7, 11) is 2.02. The molecule has 0 aliphatic carbocycles. The third kappa shape index (κ3) is 3.09. The molecule has 0 spiro atoms. The van der Waals surface area contributed by atoms with E-state index >= 15 is 0 Å². The zero-order valence-corrected chi connectivity index (χ0v) is 15.0. The van der Waals surface area contributed by atoms with Gasteiger partial charge in [-0.3, -0.25) is 9.48 Å². The highest BCUT2D eigenvalue weighted by atomic mass is 16.2. The summed E-state index contributed by atoms with van der Waals surface area (Å²) in [6.07, 6.45) is 3.80. The number of nitrogens with one attached hydrogen (secondary N) is 1. The van der Waals surface area contributed by atoms with Crippen LogP contribution in [0.3, 0.4) is 0 Å². The topological polar surface area (TPSA) is 50.2 Å². The fourth-order valence-electron chi connectivity index (χ4n) is 4.17. The number of carbonyl (C=O) groups is 1. The van der Waals surface area contributed by atoms with Crippen molar-refractivity contribution in [1.82, 2.24) is 20.0 Å². The summed E-state index contributed by atoms with van der Waals surface area (Å²) in [5, 5.41) is 8.19. The van der Waals surface area contributed by atoms with Crippen LogP contribution < -0.4 is 5.32 Å². The molecule has 1 N–H and O–H groups in total. The molecule has 4 rings (SSSR count). The van der Waals surface area contributed by atoms with E-state index in [0.717, 1.165) is 50.0 Å². The van der Waals surface area contributed by atoms with Crippen molar-refractivity contribution in [2.75, 3.05) is 13.1 Å². The Morgan fingerprint density at radius 2 is 1.92 bits per heavy atom. The molecule has 0 saturated carbocycles. The largest absolute Gasteiger partial charge is 0.341 e. The van der Waals surface area contributed by atoms with E-state index in [1.165, 1.54) is 11.3 Å². The smallest absolute Gasteiger partial charge is 0.239 e. The lowest BCUT2D eigenvalue weighted by Crippen LogP contribution is -2.45. The van der Waals surface area contributed by atoms with Gasteiger partial charge in [-0.1, -0.05) is 30.3 Å². The second-order valence-corrected chi connectivity index (χ2v) is 7.29. The van der Waals surface area contributed by atoms with Crippen molar-refractivity contribution in [3.05, 3.63) is 41.6 Å². The van der Waals surface area contributed by atoms with Crippen LogP contribution in [0.25, 0.3) is 11.3 Å². The van der Waals surface area contributed by atoms with Crippen LogP contribution in [0, 0.1) is 0 Å². The van der Waals surface area contributed by atoms with Gasteiger partial charge < -0.3 is 10.2 Å². The summed E-state index contributed by atoms with van der Waals surface area (Å²) in [5.74, 6) is 0.270. The van der Waals surface area contributed by atoms with Gasteiger partial charge in [0.1, 0.15) is 0 Å². The highest BCUT2D eigenvalue weighted by molar-refractivity contribution is 5.82. The first-order valence-corrected chi connectivity index (χ1v) is 9.28. The van der Waals surface area contributed by atoms with Crippen LogP contribution >= 0.6 is 0 Å². The Labute approximate surface area is 149 Å². The van der Waals surface area contributed by atoms with Gasteiger partial charge >= 0.3 is 0 Å². The van der Waals surface area contributed by atoms with Gasteiger partial charge in [-0.2, -0.15) is 5.10 Å². The zero-order chi connectivity index (χ0) is 17.4. The van der Waals surface area contributed by atoms with E-state index in [1.807, 2.05) is 22.7 Å². The van der Waals surface area contributed by atoms with Gasteiger partial charge in [0.25, 0.3) is 0 Å². The van der Waals surface area contributed by atoms with Crippen molar-refractivity contribution in [2.24, 2.45) is 7.05 Å². The van der Waals surface area contributed by atoms with Gasteiger partial charge in [0.15, 0.2) is 0 Å². The minimum Gasteiger partial charge on any atom is -0.341 e. The number of fused-ring (bicyclic) bond motifs is 1. The number of rotatable bonds is 2. The number of hydrogen-bond acceptors (Lipinski definition) is 3. The number of hydrogen-bond donors (Lipinski definition) is 1. The molecule has 1 aromatic heterocycles. The lowest BCUT2D eigenvalue weighted by atomic mass is 10.0. The van der Waals surface area contributed by atoms with Crippen LogP contribution in [-0.4, -0.2) is 45.8 Å². The van der Waals surface area contributed by atoms with Gasteiger partial charge in [-0.15, -0.1) is 0 Å². The predicted molar refractivity (Wildman–Crippen MR) is 98.3 cm³/mol. The molecule has 0 radical (unpaired) electrons. The zero-order valence-electron chi connectivity index (χ0n) is 15.0. The van der Waals surface area contributed by atoms with Crippen molar-refractivity contribution < 1.29 is 4.79 Å². The molecule has 1 amide bonds. The monoisotopic (exact) mass is 338 g/mol. The molecule has 1 saturated heterocycles. The Balaban J connectivity index is 1.55. The fourth-order valence-corrected chi connectivity index (χ4v) is 4.17. The molecule has 2 aromatic rings. The van der Waals surface area contributed by atoms with Crippen LogP contribution in [0.5, 0.6) is 0 Å². The maximum atomic E-state index is 12.9. The summed E-state index contributed by atoms with van der Waals surface area (Å²) in [6, 6.07) is 10.8. The van der Waals surface area contributed by atoms with E-state index in [4.69, 9.17) is 5.10 Å². The van der Waals surface area contributed by atoms with E-state index < -0.39 is 0 Å². The molecule has 2 atom stereocenters. The van der Waals surface area contributed by atoms with Crippen LogP contribution in [0.4, 0.5) is 0 Å². The minimum atomic E-state index is 0.00271. The maximum absolute atomic E-state index is 12.9. The Morgan fingerprint density at radius 1 is 1.16 bits per heavy atom. The van der Waals surface area contributed by atoms with Gasteiger partial charge in [0.05, 0.1) is 11.7 Å². The molecule has 5 heteroatoms. The molecule has 5 nitrogen and oxygen atoms in total. The average molecular weight is 338 g/mol. The Hall–Kier alpha value is -2.14. The summed E-state index contributed by atoms with van der Waals surface area (Å²) < 4.78 is 2.00. The van der Waals surface area contributed by atoms with Crippen molar-refractivity contribution in [1.29, 1.82) is 0 Å². The number of nitrogens with zero attached hydrogens (tertiary/aromatic N) is 3. The Bertz CT molecular complexity index is 768. The molecule has 0 unspecified atom stereocenters. The van der Waals surface area contributed by atoms with E-state index in [2.05, 4.69) is 36.5 Å². The SMILES string of the molecule is C[C@H]1CC[C@@H](C(=O)N2CCc3c(-c4ccccc4)nn(C)c3CC2)N1. The van der Waals surface area contributed by atoms with Gasteiger partial charge in [-0.25, -0.2) is 0 Å². The average Bonchev–Trinajstić information content (AvgIpc) is 3.11. The van der Waals surface area contributed by atoms with E-state index in [-0.39, 0.29) is 11.9 Å². The van der Waals surface area contributed by atoms with Gasteiger partial charge in [-0.05, 0) is 26.2 Å². The highest BCUT2D eigenvalue weighted by Crippen LogP contribution is 2.28. The lowest BCUT2D eigenvalue weighted by Gasteiger charge is -2.24. The summed E-state index contributed by atoms with van der Waals surface area (Å²) >= 11 is 0. The molecule has 0 bridgehead atoms. The first-order chi connectivity index (χ1) is 12.1. The van der Waals surface area contributed by atoms with Crippen molar-refractivity contribution >= 4 is 5.91 Å². The molecule has 132 valence electrons. The van der Waals surface area contributed by atoms with E-state index in [9.17, 15) is 4.79 Å². The minimum absolute atomic E-state index is 0.00271. The van der Waals surface area contributed by atoms with Crippen molar-refractivity contribution in [2.45, 2.75) is 44.7 Å². The number of aryl methyl sites for hydroxylation is 1. The van der Waals surface area contributed by atoms with Crippen molar-refractivity contribution in [3.63, 3.8) is 0 Å². The number of benzene rings is 1. The molecular weight excluding hydrogens is 312 g/mol. The molecular formula is C20H26N4O. The Kier molecular flexibility index (Phi) is 4.34. The molecule has 1 fully saturated rings. The lowest BCUT2D eigenvalue weighted by molar-refractivity contribution is -0.133. The second-order valence-electron chi connectivity index (χ2n) is 7.29. The van der Waals surface area contributed by atoms with E-state index in [1.54, 1.807) is 0 Å². The standard InChI is InChI=1S/C20H26N4O/c1-14-8-9-17(21-14)20(25)24-12-10-16-18(11-13-24)23(2)22-19(16)15-6-4-3-5-7-15/h3-7,14,17,21H,8-13H2,1-2H3/t14-,17-/m0/s1. The third-order valence-corrected chi connectivity index (χ3v) is 5.56. The third-order valence-electron chi connectivity index (χ3n) is 5.56. The molecule has 3 heterocycles. The van der Waals surface area contributed by atoms with E-state index in [0.29, 0.717) is 6.04 Å². The maximum Gasteiger partial charge on any atom is 0.239 e. The number of aromatic nitrogens is 2. The van der Waals surface area contributed by atoms with Crippen LogP contribution in [-0.2, 0) is 24.7 Å². The summed E-state index contributed by atoms with van der Waals surface area (Å²) in [5.41, 5.74) is 4.80. The summed E-state index contributed by atoms with van der Waals surface area (Å²) in [6.45, 7) is 3.72. The Morgan fingerprint density at radius 3 is 2.64 bits per heavy atom. The highest BCUT2D eigenvalue weighted by Gasteiger charge is 2.32. The van der Waals surface area contributed by atoms with Crippen LogP contribution in [0.1, 0.15) is 31.0 Å². The number of amides is 1. The second kappa shape index (κ2) is 6.64. The molecule has 2 aliphatic heterocycles. The first kappa shape index (κ1) is 16.3. The first-order valence-electron chi connectivity index (χ1n) is 9.28. The molecule has 2 aliphatic rings. The number of carbonyl (C=O) groups excluding carboxylic acids is 1. The fraction of sp³-hybridized carbons (Fsp3) is 0.500. The normalized spacial score (nSPS) is 23.4. The molecule has 1 aromatic carbocycles. The summed E-state index contributed by atoms with van der Waals surface area (Å²) in [4.78, 5) is 14.9.